The lowest BCUT2D eigenvalue weighted by Crippen LogP contribution is -2.33. The molecule has 1 N–H and O–H groups in total. The number of fused-ring (bicyclic) bond motifs is 1. The SMILES string of the molecule is N#Cc1ccc(NC(=O)CCN2CCc3c(ncn3-c3ccc(F)cc3)C2)cc1. The number of imidazole rings is 1. The first-order valence-electron chi connectivity index (χ1n) is 9.46. The van der Waals surface area contributed by atoms with Gasteiger partial charge in [-0.3, -0.25) is 9.69 Å². The molecule has 0 aliphatic carbocycles. The second-order valence-electron chi connectivity index (χ2n) is 7.00. The molecule has 1 aliphatic heterocycles. The Balaban J connectivity index is 1.33. The first-order valence-corrected chi connectivity index (χ1v) is 9.46. The Morgan fingerprint density at radius 1 is 1.17 bits per heavy atom. The van der Waals surface area contributed by atoms with Crippen LogP contribution in [0.3, 0.4) is 0 Å². The number of carbonyl (C=O) groups is 1. The Morgan fingerprint density at radius 2 is 1.93 bits per heavy atom. The molecule has 0 atom stereocenters. The summed E-state index contributed by atoms with van der Waals surface area (Å²) in [6.45, 7) is 2.17. The summed E-state index contributed by atoms with van der Waals surface area (Å²) in [7, 11) is 0. The minimum atomic E-state index is -0.256. The van der Waals surface area contributed by atoms with E-state index < -0.39 is 0 Å². The average Bonchev–Trinajstić information content (AvgIpc) is 3.17. The van der Waals surface area contributed by atoms with Crippen LogP contribution >= 0.6 is 0 Å². The Morgan fingerprint density at radius 3 is 2.66 bits per heavy atom. The number of nitrogens with zero attached hydrogens (tertiary/aromatic N) is 4. The Bertz CT molecular complexity index is 1050. The molecule has 0 radical (unpaired) electrons. The maximum Gasteiger partial charge on any atom is 0.225 e. The van der Waals surface area contributed by atoms with E-state index in [1.807, 2.05) is 4.57 Å². The van der Waals surface area contributed by atoms with E-state index in [2.05, 4.69) is 21.3 Å². The lowest BCUT2D eigenvalue weighted by atomic mass is 10.1. The number of carbonyl (C=O) groups excluding carboxylic acids is 1. The number of nitriles is 1. The lowest BCUT2D eigenvalue weighted by molar-refractivity contribution is -0.116. The molecule has 0 fully saturated rings. The van der Waals surface area contributed by atoms with Crippen LogP contribution in [-0.4, -0.2) is 33.4 Å². The molecule has 0 spiro atoms. The molecule has 146 valence electrons. The van der Waals surface area contributed by atoms with Crippen LogP contribution < -0.4 is 5.32 Å². The number of rotatable bonds is 5. The molecule has 4 rings (SSSR count). The second kappa shape index (κ2) is 8.25. The van der Waals surface area contributed by atoms with Gasteiger partial charge in [0.15, 0.2) is 0 Å². The standard InChI is InChI=1S/C22H20FN5O/c23-17-3-7-19(8-4-17)28-15-25-20-14-27(11-9-21(20)28)12-10-22(29)26-18-5-1-16(13-24)2-6-18/h1-8,15H,9-12,14H2,(H,26,29). The number of aromatic nitrogens is 2. The van der Waals surface area contributed by atoms with Gasteiger partial charge in [-0.05, 0) is 48.5 Å². The summed E-state index contributed by atoms with van der Waals surface area (Å²) in [5.74, 6) is -0.314. The molecule has 2 heterocycles. The van der Waals surface area contributed by atoms with Crippen LogP contribution in [0.1, 0.15) is 23.4 Å². The van der Waals surface area contributed by atoms with Crippen LogP contribution in [0.4, 0.5) is 10.1 Å². The number of hydrogen-bond acceptors (Lipinski definition) is 4. The monoisotopic (exact) mass is 389 g/mol. The normalized spacial score (nSPS) is 13.5. The lowest BCUT2D eigenvalue weighted by Gasteiger charge is -2.26. The van der Waals surface area contributed by atoms with Crippen molar-refractivity contribution in [1.82, 2.24) is 14.5 Å². The minimum absolute atomic E-state index is 0.0580. The molecule has 1 aromatic heterocycles. The number of amides is 1. The van der Waals surface area contributed by atoms with Gasteiger partial charge in [0.1, 0.15) is 5.82 Å². The van der Waals surface area contributed by atoms with Crippen molar-refractivity contribution < 1.29 is 9.18 Å². The zero-order valence-electron chi connectivity index (χ0n) is 15.8. The first kappa shape index (κ1) is 18.8. The zero-order chi connectivity index (χ0) is 20.2. The number of benzene rings is 2. The maximum atomic E-state index is 13.2. The summed E-state index contributed by atoms with van der Waals surface area (Å²) in [4.78, 5) is 18.9. The van der Waals surface area contributed by atoms with E-state index in [4.69, 9.17) is 5.26 Å². The van der Waals surface area contributed by atoms with Gasteiger partial charge < -0.3 is 9.88 Å². The van der Waals surface area contributed by atoms with Crippen molar-refractivity contribution in [3.8, 4) is 11.8 Å². The average molecular weight is 389 g/mol. The van der Waals surface area contributed by atoms with Gasteiger partial charge >= 0.3 is 0 Å². The third kappa shape index (κ3) is 4.33. The van der Waals surface area contributed by atoms with E-state index in [-0.39, 0.29) is 11.7 Å². The molecule has 0 unspecified atom stereocenters. The van der Waals surface area contributed by atoms with Crippen LogP contribution in [0.25, 0.3) is 5.69 Å². The third-order valence-corrected chi connectivity index (χ3v) is 5.05. The molecule has 0 saturated heterocycles. The Kier molecular flexibility index (Phi) is 5.36. The molecular formula is C22H20FN5O. The highest BCUT2D eigenvalue weighted by Gasteiger charge is 2.21. The topological polar surface area (TPSA) is 74.0 Å². The van der Waals surface area contributed by atoms with Crippen LogP contribution in [0, 0.1) is 17.1 Å². The Hall–Kier alpha value is -3.50. The van der Waals surface area contributed by atoms with Crippen molar-refractivity contribution in [2.45, 2.75) is 19.4 Å². The molecule has 0 bridgehead atoms. The van der Waals surface area contributed by atoms with Gasteiger partial charge in [-0.25, -0.2) is 9.37 Å². The molecule has 6 nitrogen and oxygen atoms in total. The predicted molar refractivity (Wildman–Crippen MR) is 107 cm³/mol. The van der Waals surface area contributed by atoms with Crippen molar-refractivity contribution in [2.24, 2.45) is 0 Å². The third-order valence-electron chi connectivity index (χ3n) is 5.05. The quantitative estimate of drug-likeness (QED) is 0.727. The fraction of sp³-hybridized carbons (Fsp3) is 0.227. The van der Waals surface area contributed by atoms with Gasteiger partial charge in [0.2, 0.25) is 5.91 Å². The summed E-state index contributed by atoms with van der Waals surface area (Å²) in [5.41, 5.74) is 4.28. The summed E-state index contributed by atoms with van der Waals surface area (Å²) in [6, 6.07) is 15.3. The van der Waals surface area contributed by atoms with E-state index in [1.165, 1.54) is 12.1 Å². The van der Waals surface area contributed by atoms with E-state index in [0.717, 1.165) is 30.0 Å². The van der Waals surface area contributed by atoms with Crippen LogP contribution in [0.2, 0.25) is 0 Å². The first-order chi connectivity index (χ1) is 14.1. The Labute approximate surface area is 168 Å². The fourth-order valence-electron chi connectivity index (χ4n) is 3.49. The summed E-state index contributed by atoms with van der Waals surface area (Å²) < 4.78 is 15.2. The van der Waals surface area contributed by atoms with Gasteiger partial charge in [0.05, 0.1) is 23.7 Å². The van der Waals surface area contributed by atoms with Crippen molar-refractivity contribution >= 4 is 11.6 Å². The van der Waals surface area contributed by atoms with Gasteiger partial charge in [-0.2, -0.15) is 5.26 Å². The number of hydrogen-bond donors (Lipinski definition) is 1. The minimum Gasteiger partial charge on any atom is -0.326 e. The highest BCUT2D eigenvalue weighted by atomic mass is 19.1. The molecule has 2 aromatic carbocycles. The van der Waals surface area contributed by atoms with E-state index in [0.29, 0.717) is 30.8 Å². The highest BCUT2D eigenvalue weighted by molar-refractivity contribution is 5.90. The molecule has 1 aliphatic rings. The smallest absolute Gasteiger partial charge is 0.225 e. The summed E-state index contributed by atoms with van der Waals surface area (Å²) >= 11 is 0. The molecule has 7 heteroatoms. The highest BCUT2D eigenvalue weighted by Crippen LogP contribution is 2.22. The number of halogens is 1. The summed E-state index contributed by atoms with van der Waals surface area (Å²) in [6.07, 6.45) is 2.98. The van der Waals surface area contributed by atoms with Gasteiger partial charge in [-0.15, -0.1) is 0 Å². The molecular weight excluding hydrogens is 369 g/mol. The van der Waals surface area contributed by atoms with Crippen LogP contribution in [0.15, 0.2) is 54.9 Å². The van der Waals surface area contributed by atoms with Crippen molar-refractivity contribution in [2.75, 3.05) is 18.4 Å². The van der Waals surface area contributed by atoms with Crippen molar-refractivity contribution in [3.05, 3.63) is 77.6 Å². The molecule has 1 amide bonds. The van der Waals surface area contributed by atoms with Crippen molar-refractivity contribution in [3.63, 3.8) is 0 Å². The maximum absolute atomic E-state index is 13.2. The van der Waals surface area contributed by atoms with Gasteiger partial charge in [0.25, 0.3) is 0 Å². The number of anilines is 1. The van der Waals surface area contributed by atoms with E-state index in [9.17, 15) is 9.18 Å². The predicted octanol–water partition coefficient (Wildman–Crippen LogP) is 3.27. The largest absolute Gasteiger partial charge is 0.326 e. The van der Waals surface area contributed by atoms with E-state index >= 15 is 0 Å². The van der Waals surface area contributed by atoms with Crippen molar-refractivity contribution in [1.29, 1.82) is 5.26 Å². The van der Waals surface area contributed by atoms with Gasteiger partial charge in [-0.1, -0.05) is 0 Å². The van der Waals surface area contributed by atoms with E-state index in [1.54, 1.807) is 42.7 Å². The summed E-state index contributed by atoms with van der Waals surface area (Å²) in [5, 5.41) is 11.7. The number of nitrogens with one attached hydrogen (secondary N) is 1. The fourth-order valence-corrected chi connectivity index (χ4v) is 3.49. The second-order valence-corrected chi connectivity index (χ2v) is 7.00. The molecule has 3 aromatic rings. The zero-order valence-corrected chi connectivity index (χ0v) is 15.8. The van der Waals surface area contributed by atoms with Crippen LogP contribution in [-0.2, 0) is 17.8 Å². The molecule has 29 heavy (non-hydrogen) atoms. The molecule has 0 saturated carbocycles. The van der Waals surface area contributed by atoms with Crippen LogP contribution in [0.5, 0.6) is 0 Å². The van der Waals surface area contributed by atoms with Gasteiger partial charge in [0, 0.05) is 49.5 Å².